The lowest BCUT2D eigenvalue weighted by Gasteiger charge is -1.96. The monoisotopic (exact) mass is 273 g/mol. The molecule has 0 N–H and O–H groups in total. The van der Waals surface area contributed by atoms with Crippen molar-refractivity contribution in [3.63, 3.8) is 0 Å². The SMILES string of the molecule is CCCCCCCC#C[CH]C#CCCCCCCCC. The third kappa shape index (κ3) is 17.1. The molecule has 0 nitrogen and oxygen atoms in total. The van der Waals surface area contributed by atoms with Gasteiger partial charge in [0.1, 0.15) is 6.42 Å². The number of hydrogen-bond acceptors (Lipinski definition) is 0. The van der Waals surface area contributed by atoms with Gasteiger partial charge in [0.2, 0.25) is 0 Å². The summed E-state index contributed by atoms with van der Waals surface area (Å²) in [6.07, 6.45) is 18.5. The summed E-state index contributed by atoms with van der Waals surface area (Å²) in [5.74, 6) is 12.5. The Balaban J connectivity index is 3.23. The Morgan fingerprint density at radius 1 is 0.550 bits per heavy atom. The fraction of sp³-hybridized carbons (Fsp3) is 0.750. The normalized spacial score (nSPS) is 9.50. The topological polar surface area (TPSA) is 0 Å². The highest BCUT2D eigenvalue weighted by Gasteiger charge is 1.88. The summed E-state index contributed by atoms with van der Waals surface area (Å²) in [5.41, 5.74) is 0. The lowest BCUT2D eigenvalue weighted by molar-refractivity contribution is 0.614. The van der Waals surface area contributed by atoms with Crippen molar-refractivity contribution in [3.05, 3.63) is 6.42 Å². The van der Waals surface area contributed by atoms with Gasteiger partial charge in [-0.25, -0.2) is 0 Å². The van der Waals surface area contributed by atoms with Crippen molar-refractivity contribution < 1.29 is 0 Å². The molecular formula is C20H33. The lowest BCUT2D eigenvalue weighted by Crippen LogP contribution is -1.78. The average molecular weight is 273 g/mol. The van der Waals surface area contributed by atoms with Crippen LogP contribution in [0.1, 0.15) is 97.3 Å². The standard InChI is InChI=1S/C20H33/c1-3-5-7-9-11-13-15-17-19-20-18-16-14-12-10-8-6-4-2/h20H,3-15H2,1-2H3. The van der Waals surface area contributed by atoms with E-state index in [0.29, 0.717) is 0 Å². The molecule has 0 rings (SSSR count). The Bertz CT molecular complexity index is 291. The van der Waals surface area contributed by atoms with Gasteiger partial charge in [-0.05, 0) is 12.8 Å². The van der Waals surface area contributed by atoms with Crippen molar-refractivity contribution in [2.75, 3.05) is 0 Å². The number of hydrogen-bond donors (Lipinski definition) is 0. The molecular weight excluding hydrogens is 240 g/mol. The minimum absolute atomic E-state index is 1.03. The van der Waals surface area contributed by atoms with E-state index in [-0.39, 0.29) is 0 Å². The second-order valence-corrected chi connectivity index (χ2v) is 5.47. The molecule has 0 aliphatic rings. The minimum atomic E-state index is 1.03. The van der Waals surface area contributed by atoms with Crippen LogP contribution in [0.3, 0.4) is 0 Å². The van der Waals surface area contributed by atoms with Gasteiger partial charge < -0.3 is 0 Å². The fourth-order valence-electron chi connectivity index (χ4n) is 2.09. The molecule has 0 bridgehead atoms. The number of rotatable bonds is 11. The van der Waals surface area contributed by atoms with Crippen LogP contribution in [-0.2, 0) is 0 Å². The van der Waals surface area contributed by atoms with Gasteiger partial charge >= 0.3 is 0 Å². The zero-order valence-corrected chi connectivity index (χ0v) is 13.8. The van der Waals surface area contributed by atoms with E-state index in [1.807, 2.05) is 6.42 Å². The molecule has 0 spiro atoms. The van der Waals surface area contributed by atoms with Crippen LogP contribution in [0, 0.1) is 30.1 Å². The second-order valence-electron chi connectivity index (χ2n) is 5.47. The summed E-state index contributed by atoms with van der Waals surface area (Å²) < 4.78 is 0. The van der Waals surface area contributed by atoms with E-state index in [0.717, 1.165) is 12.8 Å². The maximum Gasteiger partial charge on any atom is 0.106 e. The van der Waals surface area contributed by atoms with Gasteiger partial charge in [-0.3, -0.25) is 0 Å². The van der Waals surface area contributed by atoms with Gasteiger partial charge in [-0.15, -0.1) is 11.8 Å². The third-order valence-corrected chi connectivity index (χ3v) is 3.41. The first-order valence-electron chi connectivity index (χ1n) is 8.70. The lowest BCUT2D eigenvalue weighted by atomic mass is 10.1. The van der Waals surface area contributed by atoms with E-state index in [9.17, 15) is 0 Å². The van der Waals surface area contributed by atoms with E-state index in [1.165, 1.54) is 70.6 Å². The zero-order valence-electron chi connectivity index (χ0n) is 13.8. The summed E-state index contributed by atoms with van der Waals surface area (Å²) in [4.78, 5) is 0. The number of unbranched alkanes of at least 4 members (excludes halogenated alkanes) is 11. The van der Waals surface area contributed by atoms with Crippen molar-refractivity contribution >= 4 is 0 Å². The van der Waals surface area contributed by atoms with Crippen LogP contribution < -0.4 is 0 Å². The molecule has 1 radical (unpaired) electrons. The molecule has 0 heterocycles. The van der Waals surface area contributed by atoms with Crippen molar-refractivity contribution in [2.24, 2.45) is 0 Å². The van der Waals surface area contributed by atoms with E-state index in [4.69, 9.17) is 0 Å². The van der Waals surface area contributed by atoms with Crippen molar-refractivity contribution in [3.8, 4) is 23.7 Å². The maximum absolute atomic E-state index is 3.19. The molecule has 20 heavy (non-hydrogen) atoms. The third-order valence-electron chi connectivity index (χ3n) is 3.41. The van der Waals surface area contributed by atoms with Gasteiger partial charge in [0.05, 0.1) is 0 Å². The van der Waals surface area contributed by atoms with E-state index < -0.39 is 0 Å². The highest BCUT2D eigenvalue weighted by atomic mass is 13.9. The molecule has 0 saturated carbocycles. The quantitative estimate of drug-likeness (QED) is 0.306. The molecule has 0 saturated heterocycles. The van der Waals surface area contributed by atoms with Crippen LogP contribution in [0.4, 0.5) is 0 Å². The highest BCUT2D eigenvalue weighted by molar-refractivity contribution is 5.25. The Kier molecular flexibility index (Phi) is 17.3. The Hall–Kier alpha value is -0.880. The summed E-state index contributed by atoms with van der Waals surface area (Å²) in [7, 11) is 0. The van der Waals surface area contributed by atoms with E-state index in [2.05, 4.69) is 37.5 Å². The van der Waals surface area contributed by atoms with Crippen molar-refractivity contribution in [1.82, 2.24) is 0 Å². The highest BCUT2D eigenvalue weighted by Crippen LogP contribution is 2.06. The molecule has 0 amide bonds. The van der Waals surface area contributed by atoms with Crippen LogP contribution in [-0.4, -0.2) is 0 Å². The molecule has 0 atom stereocenters. The Labute approximate surface area is 128 Å². The van der Waals surface area contributed by atoms with Gasteiger partial charge in [-0.1, -0.05) is 83.5 Å². The van der Waals surface area contributed by atoms with Crippen molar-refractivity contribution in [1.29, 1.82) is 0 Å². The molecule has 0 fully saturated rings. The van der Waals surface area contributed by atoms with Crippen LogP contribution in [0.2, 0.25) is 0 Å². The largest absolute Gasteiger partial charge is 0.106 e. The summed E-state index contributed by atoms with van der Waals surface area (Å²) in [5, 5.41) is 0. The molecule has 0 aromatic heterocycles. The van der Waals surface area contributed by atoms with Gasteiger partial charge in [-0.2, -0.15) is 0 Å². The predicted molar refractivity (Wildman–Crippen MR) is 91.2 cm³/mol. The van der Waals surface area contributed by atoms with Gasteiger partial charge in [0.25, 0.3) is 0 Å². The molecule has 0 aromatic carbocycles. The Morgan fingerprint density at radius 3 is 1.40 bits per heavy atom. The molecule has 0 aromatic rings. The second kappa shape index (κ2) is 18.1. The predicted octanol–water partition coefficient (Wildman–Crippen LogP) is 6.31. The Morgan fingerprint density at radius 2 is 0.950 bits per heavy atom. The first-order valence-corrected chi connectivity index (χ1v) is 8.70. The smallest absolute Gasteiger partial charge is 0.102 e. The first kappa shape index (κ1) is 19.1. The van der Waals surface area contributed by atoms with Gasteiger partial charge in [0.15, 0.2) is 0 Å². The summed E-state index contributed by atoms with van der Waals surface area (Å²) in [6.45, 7) is 4.51. The van der Waals surface area contributed by atoms with Crippen LogP contribution >= 0.6 is 0 Å². The molecule has 0 unspecified atom stereocenters. The van der Waals surface area contributed by atoms with Crippen LogP contribution in [0.25, 0.3) is 0 Å². The molecule has 0 aliphatic heterocycles. The van der Waals surface area contributed by atoms with E-state index >= 15 is 0 Å². The summed E-state index contributed by atoms with van der Waals surface area (Å²) in [6, 6.07) is 0. The van der Waals surface area contributed by atoms with Crippen LogP contribution in [0.5, 0.6) is 0 Å². The summed E-state index contributed by atoms with van der Waals surface area (Å²) >= 11 is 0. The molecule has 0 heteroatoms. The molecule has 113 valence electrons. The average Bonchev–Trinajstić information content (AvgIpc) is 2.47. The van der Waals surface area contributed by atoms with Crippen molar-refractivity contribution in [2.45, 2.75) is 97.3 Å². The first-order chi connectivity index (χ1) is 9.91. The maximum atomic E-state index is 3.19. The van der Waals surface area contributed by atoms with Crippen LogP contribution in [0.15, 0.2) is 0 Å². The zero-order chi connectivity index (χ0) is 14.7. The fourth-order valence-corrected chi connectivity index (χ4v) is 2.09. The molecule has 0 aliphatic carbocycles. The van der Waals surface area contributed by atoms with Gasteiger partial charge in [0, 0.05) is 12.8 Å². The minimum Gasteiger partial charge on any atom is -0.102 e. The van der Waals surface area contributed by atoms with E-state index in [1.54, 1.807) is 0 Å².